The molecule has 2 heterocycles. The lowest BCUT2D eigenvalue weighted by atomic mass is 9.80. The lowest BCUT2D eigenvalue weighted by Gasteiger charge is -2.32. The van der Waals surface area contributed by atoms with Gasteiger partial charge in [-0.1, -0.05) is 13.8 Å². The Balaban J connectivity index is 2.04. The van der Waals surface area contributed by atoms with E-state index < -0.39 is 0 Å². The average molecular weight is 316 g/mol. The van der Waals surface area contributed by atoms with Gasteiger partial charge in [0.25, 0.3) is 5.56 Å². The second-order valence-electron chi connectivity index (χ2n) is 6.26. The zero-order valence-corrected chi connectivity index (χ0v) is 13.9. The molecule has 1 aliphatic rings. The van der Waals surface area contributed by atoms with Gasteiger partial charge in [0.2, 0.25) is 0 Å². The second kappa shape index (κ2) is 5.47. The Morgan fingerprint density at radius 2 is 2.18 bits per heavy atom. The summed E-state index contributed by atoms with van der Waals surface area (Å²) in [6.45, 7) is 6.81. The summed E-state index contributed by atoms with van der Waals surface area (Å²) >= 11 is 1.83. The first-order valence-corrected chi connectivity index (χ1v) is 8.53. The number of thioether (sulfide) groups is 1. The highest BCUT2D eigenvalue weighted by Crippen LogP contribution is 2.41. The van der Waals surface area contributed by atoms with Gasteiger partial charge in [-0.25, -0.2) is 0 Å². The number of hydrogen-bond acceptors (Lipinski definition) is 3. The summed E-state index contributed by atoms with van der Waals surface area (Å²) in [5.41, 5.74) is 1.83. The molecule has 3 rings (SSSR count). The van der Waals surface area contributed by atoms with E-state index in [0.29, 0.717) is 12.1 Å². The van der Waals surface area contributed by atoms with Crippen LogP contribution in [-0.4, -0.2) is 21.3 Å². The monoisotopic (exact) mass is 316 g/mol. The minimum Gasteiger partial charge on any atom is -0.302 e. The van der Waals surface area contributed by atoms with Crippen LogP contribution in [0.3, 0.4) is 0 Å². The maximum Gasteiger partial charge on any atom is 0.277 e. The molecule has 0 saturated heterocycles. The van der Waals surface area contributed by atoms with Gasteiger partial charge < -0.3 is 5.10 Å². The lowest BCUT2D eigenvalue weighted by Crippen LogP contribution is -2.24. The van der Waals surface area contributed by atoms with Gasteiger partial charge in [-0.15, -0.1) is 11.8 Å². The standard InChI is InChI=1S/C17H20N2O2S/c1-4-19-16(21)12(10-18-19)15(20)11-5-6-14-13(9-11)17(2,3)7-8-22-14/h5-6,9-10,18H,4,7-8H2,1-3H3. The summed E-state index contributed by atoms with van der Waals surface area (Å²) in [6.07, 6.45) is 2.60. The SMILES string of the molecule is CCn1[nH]cc(C(=O)c2ccc3c(c2)C(C)(C)CCS3)c1=O. The third kappa shape index (κ3) is 2.43. The van der Waals surface area contributed by atoms with Crippen molar-refractivity contribution in [2.75, 3.05) is 5.75 Å². The minimum absolute atomic E-state index is 0.0681. The van der Waals surface area contributed by atoms with E-state index in [4.69, 9.17) is 0 Å². The number of aromatic amines is 1. The molecule has 0 saturated carbocycles. The van der Waals surface area contributed by atoms with Crippen molar-refractivity contribution >= 4 is 17.5 Å². The number of nitrogens with zero attached hydrogens (tertiary/aromatic N) is 1. The van der Waals surface area contributed by atoms with Crippen LogP contribution in [0.2, 0.25) is 0 Å². The van der Waals surface area contributed by atoms with Gasteiger partial charge in [0.15, 0.2) is 5.78 Å². The van der Waals surface area contributed by atoms with Gasteiger partial charge in [0.1, 0.15) is 5.56 Å². The molecule has 4 nitrogen and oxygen atoms in total. The molecule has 0 fully saturated rings. The fourth-order valence-corrected chi connectivity index (χ4v) is 4.33. The highest BCUT2D eigenvalue weighted by molar-refractivity contribution is 7.99. The van der Waals surface area contributed by atoms with Crippen molar-refractivity contribution in [2.24, 2.45) is 0 Å². The molecule has 0 amide bonds. The van der Waals surface area contributed by atoms with Crippen LogP contribution in [0, 0.1) is 0 Å². The molecule has 5 heteroatoms. The second-order valence-corrected chi connectivity index (χ2v) is 7.40. The smallest absolute Gasteiger partial charge is 0.277 e. The molecule has 0 bridgehead atoms. The Morgan fingerprint density at radius 1 is 1.41 bits per heavy atom. The maximum atomic E-state index is 12.7. The number of ketones is 1. The van der Waals surface area contributed by atoms with Crippen LogP contribution in [0.15, 0.2) is 34.1 Å². The van der Waals surface area contributed by atoms with Crippen molar-refractivity contribution in [3.8, 4) is 0 Å². The van der Waals surface area contributed by atoms with Crippen molar-refractivity contribution in [2.45, 2.75) is 44.0 Å². The summed E-state index contributed by atoms with van der Waals surface area (Å²) in [7, 11) is 0. The van der Waals surface area contributed by atoms with Gasteiger partial charge in [0.05, 0.1) is 0 Å². The molecular weight excluding hydrogens is 296 g/mol. The van der Waals surface area contributed by atoms with Gasteiger partial charge in [0, 0.05) is 23.2 Å². The van der Waals surface area contributed by atoms with E-state index in [2.05, 4.69) is 18.9 Å². The Kier molecular flexibility index (Phi) is 3.77. The van der Waals surface area contributed by atoms with Crippen LogP contribution in [-0.2, 0) is 12.0 Å². The van der Waals surface area contributed by atoms with Gasteiger partial charge in [-0.2, -0.15) is 0 Å². The predicted molar refractivity (Wildman–Crippen MR) is 89.0 cm³/mol. The van der Waals surface area contributed by atoms with Crippen molar-refractivity contribution in [1.29, 1.82) is 0 Å². The largest absolute Gasteiger partial charge is 0.302 e. The molecule has 0 unspecified atom stereocenters. The average Bonchev–Trinajstić information content (AvgIpc) is 2.87. The number of nitrogens with one attached hydrogen (secondary N) is 1. The van der Waals surface area contributed by atoms with E-state index in [1.54, 1.807) is 0 Å². The van der Waals surface area contributed by atoms with Crippen LogP contribution in [0.1, 0.15) is 48.7 Å². The molecule has 0 spiro atoms. The summed E-state index contributed by atoms with van der Waals surface area (Å²) in [6, 6.07) is 5.81. The highest BCUT2D eigenvalue weighted by atomic mass is 32.2. The van der Waals surface area contributed by atoms with E-state index in [1.165, 1.54) is 21.3 Å². The first-order chi connectivity index (χ1) is 10.4. The predicted octanol–water partition coefficient (Wildman–Crippen LogP) is 3.20. The summed E-state index contributed by atoms with van der Waals surface area (Å²) in [4.78, 5) is 26.0. The van der Waals surface area contributed by atoms with Crippen LogP contribution >= 0.6 is 11.8 Å². The Morgan fingerprint density at radius 3 is 2.86 bits per heavy atom. The topological polar surface area (TPSA) is 54.9 Å². The zero-order valence-electron chi connectivity index (χ0n) is 13.1. The molecule has 0 radical (unpaired) electrons. The molecule has 116 valence electrons. The Labute approximate surface area is 133 Å². The molecule has 1 aromatic heterocycles. The minimum atomic E-state index is -0.251. The molecule has 0 atom stereocenters. The number of fused-ring (bicyclic) bond motifs is 1. The van der Waals surface area contributed by atoms with Gasteiger partial charge >= 0.3 is 0 Å². The van der Waals surface area contributed by atoms with E-state index in [9.17, 15) is 9.59 Å². The molecule has 1 aromatic carbocycles. The van der Waals surface area contributed by atoms with Crippen molar-refractivity contribution < 1.29 is 4.79 Å². The van der Waals surface area contributed by atoms with Crippen LogP contribution in [0.5, 0.6) is 0 Å². The zero-order chi connectivity index (χ0) is 15.9. The first kappa shape index (κ1) is 15.2. The summed E-state index contributed by atoms with van der Waals surface area (Å²) in [5.74, 6) is 0.898. The normalized spacial score (nSPS) is 16.3. The summed E-state index contributed by atoms with van der Waals surface area (Å²) < 4.78 is 1.44. The van der Waals surface area contributed by atoms with E-state index >= 15 is 0 Å². The molecule has 1 N–H and O–H groups in total. The summed E-state index contributed by atoms with van der Waals surface area (Å²) in [5, 5.41) is 2.83. The van der Waals surface area contributed by atoms with Gasteiger partial charge in [-0.05, 0) is 48.3 Å². The molecular formula is C17H20N2O2S. The van der Waals surface area contributed by atoms with Crippen molar-refractivity contribution in [3.63, 3.8) is 0 Å². The number of aryl methyl sites for hydroxylation is 1. The maximum absolute atomic E-state index is 12.7. The third-order valence-electron chi connectivity index (χ3n) is 4.36. The molecule has 0 aliphatic carbocycles. The number of aromatic nitrogens is 2. The van der Waals surface area contributed by atoms with Crippen LogP contribution in [0.25, 0.3) is 0 Å². The number of hydrogen-bond donors (Lipinski definition) is 1. The number of H-pyrrole nitrogens is 1. The van der Waals surface area contributed by atoms with E-state index in [1.807, 2.05) is 36.9 Å². The van der Waals surface area contributed by atoms with E-state index in [0.717, 1.165) is 12.2 Å². The van der Waals surface area contributed by atoms with Crippen LogP contribution < -0.4 is 5.56 Å². The Bertz CT molecular complexity index is 786. The number of carbonyl (C=O) groups excluding carboxylic acids is 1. The Hall–Kier alpha value is -1.75. The molecule has 1 aliphatic heterocycles. The van der Waals surface area contributed by atoms with Crippen LogP contribution in [0.4, 0.5) is 0 Å². The van der Waals surface area contributed by atoms with E-state index in [-0.39, 0.29) is 22.3 Å². The lowest BCUT2D eigenvalue weighted by molar-refractivity contribution is 0.103. The number of benzene rings is 1. The molecule has 2 aromatic rings. The third-order valence-corrected chi connectivity index (χ3v) is 5.43. The fourth-order valence-electron chi connectivity index (χ4n) is 2.84. The molecule has 22 heavy (non-hydrogen) atoms. The fraction of sp³-hybridized carbons (Fsp3) is 0.412. The quantitative estimate of drug-likeness (QED) is 0.885. The van der Waals surface area contributed by atoms with Crippen molar-refractivity contribution in [1.82, 2.24) is 9.78 Å². The number of carbonyl (C=O) groups is 1. The van der Waals surface area contributed by atoms with Gasteiger partial charge in [-0.3, -0.25) is 14.3 Å². The van der Waals surface area contributed by atoms with Crippen molar-refractivity contribution in [3.05, 3.63) is 51.4 Å². The highest BCUT2D eigenvalue weighted by Gasteiger charge is 2.29. The number of rotatable bonds is 3. The first-order valence-electron chi connectivity index (χ1n) is 7.54.